The number of benzene rings is 8. The molecule has 8 aromatic carbocycles. The third-order valence-corrected chi connectivity index (χ3v) is 9.68. The van der Waals surface area contributed by atoms with Crippen LogP contribution >= 0.6 is 0 Å². The number of furan rings is 2. The molecule has 10 rings (SSSR count). The van der Waals surface area contributed by atoms with Crippen molar-refractivity contribution in [3.63, 3.8) is 0 Å². The quantitative estimate of drug-likeness (QED) is 0.190. The van der Waals surface area contributed by atoms with Gasteiger partial charge in [-0.15, -0.1) is 0 Å². The van der Waals surface area contributed by atoms with Gasteiger partial charge in [0.1, 0.15) is 16.7 Å². The fraction of sp³-hybridized carbons (Fsp3) is 0. The first-order valence-corrected chi connectivity index (χ1v) is 16.6. The molecular weight excluding hydrogens is 599 g/mol. The number of para-hydroxylation sites is 3. The van der Waals surface area contributed by atoms with Crippen molar-refractivity contribution in [2.24, 2.45) is 0 Å². The van der Waals surface area contributed by atoms with Gasteiger partial charge in [0, 0.05) is 43.7 Å². The van der Waals surface area contributed by atoms with Crippen molar-refractivity contribution in [3.05, 3.63) is 176 Å². The van der Waals surface area contributed by atoms with Crippen LogP contribution in [0, 0.1) is 0 Å². The van der Waals surface area contributed by atoms with Gasteiger partial charge in [-0.05, 0) is 52.9 Å². The Morgan fingerprint density at radius 1 is 0.347 bits per heavy atom. The largest absolute Gasteiger partial charge is 0.455 e. The van der Waals surface area contributed by atoms with E-state index in [1.165, 1.54) is 5.39 Å². The lowest BCUT2D eigenvalue weighted by molar-refractivity contribution is 0.669. The molecule has 0 aliphatic carbocycles. The lowest BCUT2D eigenvalue weighted by Gasteiger charge is -2.29. The average Bonchev–Trinajstić information content (AvgIpc) is 3.75. The number of hydrogen-bond donors (Lipinski definition) is 0. The van der Waals surface area contributed by atoms with E-state index >= 15 is 0 Å². The first-order chi connectivity index (χ1) is 24.3. The number of nitrogens with zero attached hydrogens (tertiary/aromatic N) is 1. The summed E-state index contributed by atoms with van der Waals surface area (Å²) < 4.78 is 13.2. The van der Waals surface area contributed by atoms with Crippen molar-refractivity contribution in [1.82, 2.24) is 0 Å². The van der Waals surface area contributed by atoms with Gasteiger partial charge in [0.05, 0.1) is 11.4 Å². The standard InChI is InChI=1S/C46H29NO2/c1-2-12-31(13-3-1)35-28-29-40-38-18-7-9-23-43(38)49-46(40)44(35)47(41-21-10-15-30-14-4-5-16-34(30)41)33-26-24-32(25-27-33)36-19-11-20-39-37-17-6-8-22-42(37)48-45(36)39/h1-29H. The summed E-state index contributed by atoms with van der Waals surface area (Å²) >= 11 is 0. The molecule has 0 unspecified atom stereocenters. The maximum absolute atomic E-state index is 6.80. The lowest BCUT2D eigenvalue weighted by Crippen LogP contribution is -2.12. The highest BCUT2D eigenvalue weighted by atomic mass is 16.3. The second kappa shape index (κ2) is 11.0. The van der Waals surface area contributed by atoms with Crippen LogP contribution in [0.15, 0.2) is 185 Å². The summed E-state index contributed by atoms with van der Waals surface area (Å²) in [7, 11) is 0. The van der Waals surface area contributed by atoms with Gasteiger partial charge in [0.15, 0.2) is 5.58 Å². The van der Waals surface area contributed by atoms with Gasteiger partial charge >= 0.3 is 0 Å². The molecule has 230 valence electrons. The molecule has 0 saturated carbocycles. The lowest BCUT2D eigenvalue weighted by atomic mass is 9.97. The third kappa shape index (κ3) is 4.37. The summed E-state index contributed by atoms with van der Waals surface area (Å²) in [6, 6.07) is 61.9. The van der Waals surface area contributed by atoms with E-state index in [0.717, 1.165) is 88.6 Å². The predicted octanol–water partition coefficient (Wildman–Crippen LogP) is 13.4. The molecule has 3 nitrogen and oxygen atoms in total. The molecule has 0 radical (unpaired) electrons. The fourth-order valence-corrected chi connectivity index (χ4v) is 7.40. The van der Waals surface area contributed by atoms with Crippen molar-refractivity contribution < 1.29 is 8.83 Å². The van der Waals surface area contributed by atoms with Crippen LogP contribution < -0.4 is 4.90 Å². The normalized spacial score (nSPS) is 11.7. The SMILES string of the molecule is c1ccc(-c2ccc3c(oc4ccccc43)c2N(c2ccc(-c3cccc4c3oc3ccccc34)cc2)c2cccc3ccccc23)cc1. The molecule has 0 aliphatic rings. The fourth-order valence-electron chi connectivity index (χ4n) is 7.40. The molecule has 0 spiro atoms. The van der Waals surface area contributed by atoms with E-state index in [0.29, 0.717) is 0 Å². The van der Waals surface area contributed by atoms with Gasteiger partial charge in [-0.1, -0.05) is 140 Å². The maximum Gasteiger partial charge on any atom is 0.160 e. The van der Waals surface area contributed by atoms with Gasteiger partial charge in [-0.25, -0.2) is 0 Å². The topological polar surface area (TPSA) is 29.5 Å². The van der Waals surface area contributed by atoms with Crippen LogP contribution in [0.2, 0.25) is 0 Å². The van der Waals surface area contributed by atoms with Crippen LogP contribution in [-0.2, 0) is 0 Å². The Hall–Kier alpha value is -6.58. The van der Waals surface area contributed by atoms with Crippen LogP contribution in [0.5, 0.6) is 0 Å². The summed E-state index contributed by atoms with van der Waals surface area (Å²) in [6.45, 7) is 0. The summed E-state index contributed by atoms with van der Waals surface area (Å²) in [5, 5.41) is 6.78. The zero-order valence-corrected chi connectivity index (χ0v) is 26.5. The summed E-state index contributed by atoms with van der Waals surface area (Å²) in [5.74, 6) is 0. The Morgan fingerprint density at radius 2 is 0.918 bits per heavy atom. The van der Waals surface area contributed by atoms with Gasteiger partial charge in [-0.2, -0.15) is 0 Å². The minimum atomic E-state index is 0.853. The van der Waals surface area contributed by atoms with E-state index in [1.54, 1.807) is 0 Å². The second-order valence-corrected chi connectivity index (χ2v) is 12.5. The summed E-state index contributed by atoms with van der Waals surface area (Å²) in [4.78, 5) is 2.38. The van der Waals surface area contributed by atoms with Crippen molar-refractivity contribution in [2.75, 3.05) is 4.90 Å². The third-order valence-electron chi connectivity index (χ3n) is 9.68. The maximum atomic E-state index is 6.80. The van der Waals surface area contributed by atoms with Crippen molar-refractivity contribution in [2.45, 2.75) is 0 Å². The van der Waals surface area contributed by atoms with Crippen LogP contribution in [-0.4, -0.2) is 0 Å². The molecule has 2 aromatic heterocycles. The van der Waals surface area contributed by atoms with E-state index in [9.17, 15) is 0 Å². The van der Waals surface area contributed by atoms with Crippen molar-refractivity contribution in [3.8, 4) is 22.3 Å². The van der Waals surface area contributed by atoms with Crippen molar-refractivity contribution in [1.29, 1.82) is 0 Å². The second-order valence-electron chi connectivity index (χ2n) is 12.5. The van der Waals surface area contributed by atoms with Gasteiger partial charge < -0.3 is 13.7 Å². The Labute approximate surface area is 282 Å². The van der Waals surface area contributed by atoms with Crippen LogP contribution in [0.3, 0.4) is 0 Å². The minimum absolute atomic E-state index is 0.853. The van der Waals surface area contributed by atoms with Crippen molar-refractivity contribution >= 4 is 71.7 Å². The Balaban J connectivity index is 1.25. The molecule has 0 N–H and O–H groups in total. The zero-order chi connectivity index (χ0) is 32.3. The number of anilines is 3. The van der Waals surface area contributed by atoms with Crippen LogP contribution in [0.25, 0.3) is 76.9 Å². The molecule has 3 heteroatoms. The van der Waals surface area contributed by atoms with E-state index in [2.05, 4.69) is 163 Å². The van der Waals surface area contributed by atoms with Gasteiger partial charge in [0.2, 0.25) is 0 Å². The highest BCUT2D eigenvalue weighted by Gasteiger charge is 2.25. The minimum Gasteiger partial charge on any atom is -0.455 e. The molecule has 0 atom stereocenters. The molecule has 0 fully saturated rings. The van der Waals surface area contributed by atoms with E-state index in [-0.39, 0.29) is 0 Å². The average molecular weight is 628 g/mol. The summed E-state index contributed by atoms with van der Waals surface area (Å²) in [5.41, 5.74) is 11.0. The summed E-state index contributed by atoms with van der Waals surface area (Å²) in [6.07, 6.45) is 0. The molecule has 0 saturated heterocycles. The molecule has 10 aromatic rings. The van der Waals surface area contributed by atoms with E-state index in [4.69, 9.17) is 8.83 Å². The predicted molar refractivity (Wildman–Crippen MR) is 204 cm³/mol. The zero-order valence-electron chi connectivity index (χ0n) is 26.5. The first-order valence-electron chi connectivity index (χ1n) is 16.6. The van der Waals surface area contributed by atoms with Gasteiger partial charge in [-0.3, -0.25) is 0 Å². The molecule has 0 bridgehead atoms. The Morgan fingerprint density at radius 3 is 1.69 bits per heavy atom. The highest BCUT2D eigenvalue weighted by Crippen LogP contribution is 2.49. The van der Waals surface area contributed by atoms with Crippen LogP contribution in [0.1, 0.15) is 0 Å². The molecule has 0 aliphatic heterocycles. The monoisotopic (exact) mass is 627 g/mol. The number of fused-ring (bicyclic) bond motifs is 7. The number of rotatable bonds is 5. The first kappa shape index (κ1) is 27.5. The molecule has 2 heterocycles. The van der Waals surface area contributed by atoms with Crippen LogP contribution in [0.4, 0.5) is 17.1 Å². The smallest absolute Gasteiger partial charge is 0.160 e. The Kier molecular flexibility index (Phi) is 6.18. The molecule has 49 heavy (non-hydrogen) atoms. The van der Waals surface area contributed by atoms with Gasteiger partial charge in [0.25, 0.3) is 0 Å². The molecule has 0 amide bonds. The molecular formula is C46H29NO2. The number of hydrogen-bond acceptors (Lipinski definition) is 3. The highest BCUT2D eigenvalue weighted by molar-refractivity contribution is 6.15. The van der Waals surface area contributed by atoms with E-state index < -0.39 is 0 Å². The Bertz CT molecular complexity index is 2820. The van der Waals surface area contributed by atoms with E-state index in [1.807, 2.05) is 18.2 Å².